The van der Waals surface area contributed by atoms with Crippen molar-refractivity contribution in [3.63, 3.8) is 0 Å². The normalized spacial score (nSPS) is 20.9. The summed E-state index contributed by atoms with van der Waals surface area (Å²) < 4.78 is 1.72. The number of nitrogens with zero attached hydrogens (tertiary/aromatic N) is 2. The minimum atomic E-state index is -2.32. The van der Waals surface area contributed by atoms with Gasteiger partial charge in [0.25, 0.3) is 0 Å². The molecule has 3 aromatic carbocycles. The van der Waals surface area contributed by atoms with Crippen molar-refractivity contribution in [2.45, 2.75) is 55.7 Å². The second-order valence-electron chi connectivity index (χ2n) is 13.0. The molecule has 4 atom stereocenters. The van der Waals surface area contributed by atoms with Crippen molar-refractivity contribution in [2.75, 3.05) is 28.2 Å². The van der Waals surface area contributed by atoms with E-state index in [0.29, 0.717) is 13.1 Å². The van der Waals surface area contributed by atoms with Gasteiger partial charge in [-0.05, 0) is 0 Å². The summed E-state index contributed by atoms with van der Waals surface area (Å²) in [5, 5.41) is 0. The van der Waals surface area contributed by atoms with Crippen LogP contribution in [0.1, 0.15) is 54.7 Å². The maximum absolute atomic E-state index is 2.61. The van der Waals surface area contributed by atoms with E-state index in [-0.39, 0.29) is 0 Å². The van der Waals surface area contributed by atoms with Crippen LogP contribution in [0.15, 0.2) is 90.5 Å². The molecule has 38 heavy (non-hydrogen) atoms. The van der Waals surface area contributed by atoms with E-state index in [2.05, 4.69) is 143 Å². The molecule has 2 aliphatic carbocycles. The fourth-order valence-electron chi connectivity index (χ4n) is 7.87. The van der Waals surface area contributed by atoms with Crippen molar-refractivity contribution in [2.24, 2.45) is 0 Å². The van der Waals surface area contributed by atoms with Crippen molar-refractivity contribution in [3.8, 4) is 0 Å². The van der Waals surface area contributed by atoms with Gasteiger partial charge in [0.2, 0.25) is 0 Å². The minimum absolute atomic E-state index is 0.499. The number of fused-ring (bicyclic) bond motifs is 2. The molecular weight excluding hydrogens is 509 g/mol. The molecule has 2 aliphatic rings. The number of rotatable bonds is 8. The molecular formula is C34H45N2ScSi. The first-order valence-corrected chi connectivity index (χ1v) is 21.1. The van der Waals surface area contributed by atoms with E-state index in [9.17, 15) is 0 Å². The van der Waals surface area contributed by atoms with Crippen LogP contribution in [0.2, 0.25) is 23.3 Å². The number of hydrogen-bond donors (Lipinski definition) is 0. The molecule has 198 valence electrons. The van der Waals surface area contributed by atoms with Crippen LogP contribution >= 0.6 is 0 Å². The van der Waals surface area contributed by atoms with E-state index < -0.39 is 29.5 Å². The number of hydrogen-bond acceptors (Lipinski definition) is 2. The fraction of sp³-hybridized carbons (Fsp3) is 0.412. The number of allylic oxidation sites excluding steroid dienone is 2. The summed E-state index contributed by atoms with van der Waals surface area (Å²) in [6.45, 7) is 7.83. The van der Waals surface area contributed by atoms with E-state index >= 15 is 0 Å². The molecule has 0 spiro atoms. The molecule has 0 N–H and O–H groups in total. The third-order valence-corrected chi connectivity index (χ3v) is 19.3. The van der Waals surface area contributed by atoms with Crippen LogP contribution < -0.4 is 0 Å². The van der Waals surface area contributed by atoms with Gasteiger partial charge in [0.15, 0.2) is 0 Å². The van der Waals surface area contributed by atoms with E-state index in [1.54, 1.807) is 16.7 Å². The molecule has 0 bridgehead atoms. The van der Waals surface area contributed by atoms with E-state index in [1.165, 1.54) is 30.4 Å². The molecule has 4 unspecified atom stereocenters. The Hall–Kier alpha value is -1.59. The molecule has 0 heterocycles. The topological polar surface area (TPSA) is 6.48 Å². The fourth-order valence-corrected chi connectivity index (χ4v) is 19.1. The molecule has 0 saturated heterocycles. The Morgan fingerprint density at radius 1 is 0.711 bits per heavy atom. The molecule has 0 aliphatic heterocycles. The summed E-state index contributed by atoms with van der Waals surface area (Å²) in [4.78, 5) is 5.17. The van der Waals surface area contributed by atoms with Gasteiger partial charge in [-0.2, -0.15) is 0 Å². The van der Waals surface area contributed by atoms with Gasteiger partial charge >= 0.3 is 242 Å². The van der Waals surface area contributed by atoms with Gasteiger partial charge < -0.3 is 0 Å². The summed E-state index contributed by atoms with van der Waals surface area (Å²) in [5.74, 6) is 0. The quantitative estimate of drug-likeness (QED) is 0.258. The maximum atomic E-state index is 2.61. The first-order chi connectivity index (χ1) is 18.2. The predicted octanol–water partition coefficient (Wildman–Crippen LogP) is 8.53. The Morgan fingerprint density at radius 2 is 1.21 bits per heavy atom. The summed E-state index contributed by atoms with van der Waals surface area (Å²) in [5.41, 5.74) is 10.5. The van der Waals surface area contributed by atoms with Crippen LogP contribution in [0.4, 0.5) is 0 Å². The Kier molecular flexibility index (Phi) is 8.45. The van der Waals surface area contributed by atoms with Gasteiger partial charge in [-0.25, -0.2) is 0 Å². The zero-order valence-electron chi connectivity index (χ0n) is 24.5. The van der Waals surface area contributed by atoms with Gasteiger partial charge in [-0.1, -0.05) is 0 Å². The Labute approximate surface area is 240 Å². The summed E-state index contributed by atoms with van der Waals surface area (Å²) >= 11 is -2.32. The van der Waals surface area contributed by atoms with Crippen molar-refractivity contribution >= 4 is 13.6 Å². The van der Waals surface area contributed by atoms with E-state index in [4.69, 9.17) is 0 Å². The van der Waals surface area contributed by atoms with Crippen LogP contribution in [-0.2, 0) is 21.4 Å². The van der Waals surface area contributed by atoms with Gasteiger partial charge in [-0.15, -0.1) is 0 Å². The molecule has 3 aromatic rings. The van der Waals surface area contributed by atoms with Crippen LogP contribution in [0, 0.1) is 0 Å². The Morgan fingerprint density at radius 3 is 1.71 bits per heavy atom. The standard InChI is InChI=1S/C16H21Si.2C9H12N.Sc/c1-17(2,3)16-14-10-6-4-8-12(14)13-9-5-7-11-15(13)16;2*1-10(2)8-9-6-4-3-5-7-9;/h4,6,8,10-11,16H,5,7,9H2,1-3H3;2*3-8H,1-2H3;. The molecule has 0 fully saturated rings. The Bertz CT molecular complexity index is 1210. The molecule has 2 nitrogen and oxygen atoms in total. The second-order valence-corrected chi connectivity index (χ2v) is 23.4. The molecule has 0 saturated carbocycles. The van der Waals surface area contributed by atoms with Gasteiger partial charge in [0, 0.05) is 0 Å². The molecule has 0 aromatic heterocycles. The third kappa shape index (κ3) is 5.26. The van der Waals surface area contributed by atoms with Crippen LogP contribution in [0.3, 0.4) is 0 Å². The monoisotopic (exact) mass is 554 g/mol. The average Bonchev–Trinajstić information content (AvgIpc) is 3.24. The first-order valence-electron chi connectivity index (χ1n) is 14.4. The predicted molar refractivity (Wildman–Crippen MR) is 163 cm³/mol. The van der Waals surface area contributed by atoms with Gasteiger partial charge in [-0.3, -0.25) is 0 Å². The van der Waals surface area contributed by atoms with Gasteiger partial charge in [0.1, 0.15) is 0 Å². The van der Waals surface area contributed by atoms with Crippen molar-refractivity contribution in [1.29, 1.82) is 0 Å². The van der Waals surface area contributed by atoms with Crippen LogP contribution in [0.5, 0.6) is 0 Å². The Balaban J connectivity index is 1.75. The van der Waals surface area contributed by atoms with E-state index in [1.807, 2.05) is 5.57 Å². The third-order valence-electron chi connectivity index (χ3n) is 9.05. The molecule has 5 rings (SSSR count). The molecule has 0 amide bonds. The SMILES string of the molecule is CN(C)[CH](c1ccccc1)[Sc]([CH]1CCCC2=C1C([Si](C)(C)C)c1ccccc12)[CH](c1ccccc1)N(C)C. The first kappa shape index (κ1) is 28.0. The van der Waals surface area contributed by atoms with Gasteiger partial charge in [0.05, 0.1) is 0 Å². The zero-order chi connectivity index (χ0) is 27.0. The van der Waals surface area contributed by atoms with Crippen molar-refractivity contribution in [1.82, 2.24) is 9.80 Å². The number of benzene rings is 3. The molecule has 0 radical (unpaired) electrons. The summed E-state index contributed by atoms with van der Waals surface area (Å²) in [7, 11) is 7.84. The average molecular weight is 555 g/mol. The summed E-state index contributed by atoms with van der Waals surface area (Å²) in [6.07, 6.45) is 3.93. The van der Waals surface area contributed by atoms with Crippen molar-refractivity contribution < 1.29 is 21.4 Å². The van der Waals surface area contributed by atoms with E-state index in [0.717, 1.165) is 3.67 Å². The van der Waals surface area contributed by atoms with Crippen LogP contribution in [-0.4, -0.2) is 46.1 Å². The van der Waals surface area contributed by atoms with Crippen LogP contribution in [0.25, 0.3) is 5.57 Å². The molecule has 4 heteroatoms. The zero-order valence-corrected chi connectivity index (χ0v) is 27.3. The summed E-state index contributed by atoms with van der Waals surface area (Å²) in [6, 6.07) is 32.4. The van der Waals surface area contributed by atoms with Crippen molar-refractivity contribution in [3.05, 3.63) is 113 Å². The second kappa shape index (κ2) is 11.5.